The molecule has 2 aromatic rings. The molecule has 0 fully saturated rings. The van der Waals surface area contributed by atoms with Crippen LogP contribution in [0.2, 0.25) is 0 Å². The Hall–Kier alpha value is -1.79. The summed E-state index contributed by atoms with van der Waals surface area (Å²) in [7, 11) is 0. The second kappa shape index (κ2) is 6.11. The molecule has 1 N–H and O–H groups in total. The first-order chi connectivity index (χ1) is 9.52. The lowest BCUT2D eigenvalue weighted by Gasteiger charge is -2.25. The largest absolute Gasteiger partial charge is 0.367 e. The fourth-order valence-electron chi connectivity index (χ4n) is 2.13. The molecule has 3 heteroatoms. The number of anilines is 1. The molecule has 0 radical (unpaired) electrons. The van der Waals surface area contributed by atoms with E-state index >= 15 is 0 Å². The van der Waals surface area contributed by atoms with Gasteiger partial charge in [0.05, 0.1) is 6.07 Å². The molecule has 20 heavy (non-hydrogen) atoms. The highest BCUT2D eigenvalue weighted by Gasteiger charge is 2.24. The molecule has 2 aromatic carbocycles. The maximum atomic E-state index is 9.53. The van der Waals surface area contributed by atoms with Gasteiger partial charge >= 0.3 is 0 Å². The highest BCUT2D eigenvalue weighted by atomic mass is 79.9. The van der Waals surface area contributed by atoms with Gasteiger partial charge in [-0.25, -0.2) is 0 Å². The van der Waals surface area contributed by atoms with Crippen molar-refractivity contribution in [2.75, 3.05) is 5.32 Å². The van der Waals surface area contributed by atoms with Crippen LogP contribution in [-0.4, -0.2) is 5.54 Å². The summed E-state index contributed by atoms with van der Waals surface area (Å²) in [5, 5.41) is 12.9. The Bertz CT molecular complexity index is 628. The van der Waals surface area contributed by atoms with Crippen LogP contribution in [0.3, 0.4) is 0 Å². The van der Waals surface area contributed by atoms with E-state index in [1.54, 1.807) is 0 Å². The zero-order valence-electron chi connectivity index (χ0n) is 11.7. The van der Waals surface area contributed by atoms with Crippen molar-refractivity contribution in [2.24, 2.45) is 0 Å². The monoisotopic (exact) mass is 328 g/mol. The topological polar surface area (TPSA) is 35.8 Å². The molecular formula is C17H17BrN2. The predicted octanol–water partition coefficient (Wildman–Crippen LogP) is 4.69. The quantitative estimate of drug-likeness (QED) is 0.883. The summed E-state index contributed by atoms with van der Waals surface area (Å²) >= 11 is 3.42. The lowest BCUT2D eigenvalue weighted by atomic mass is 9.93. The van der Waals surface area contributed by atoms with Gasteiger partial charge in [0.1, 0.15) is 5.54 Å². The Morgan fingerprint density at radius 1 is 1.15 bits per heavy atom. The minimum absolute atomic E-state index is 0.625. The predicted molar refractivity (Wildman–Crippen MR) is 86.7 cm³/mol. The Balaban J connectivity index is 2.19. The minimum Gasteiger partial charge on any atom is -0.367 e. The first-order valence-electron chi connectivity index (χ1n) is 6.52. The van der Waals surface area contributed by atoms with Crippen LogP contribution >= 0.6 is 15.9 Å². The summed E-state index contributed by atoms with van der Waals surface area (Å²) in [5.41, 5.74) is 2.66. The molecule has 0 aliphatic carbocycles. The number of nitriles is 1. The lowest BCUT2D eigenvalue weighted by Crippen LogP contribution is -2.35. The van der Waals surface area contributed by atoms with E-state index in [0.717, 1.165) is 21.3 Å². The van der Waals surface area contributed by atoms with Crippen molar-refractivity contribution < 1.29 is 0 Å². The van der Waals surface area contributed by atoms with Gasteiger partial charge in [0.15, 0.2) is 0 Å². The van der Waals surface area contributed by atoms with E-state index in [1.807, 2.05) is 62.4 Å². The summed E-state index contributed by atoms with van der Waals surface area (Å²) in [4.78, 5) is 0. The summed E-state index contributed by atoms with van der Waals surface area (Å²) in [6, 6.07) is 18.5. The number of rotatable bonds is 4. The van der Waals surface area contributed by atoms with Crippen LogP contribution in [0.5, 0.6) is 0 Å². The first kappa shape index (κ1) is 14.6. The summed E-state index contributed by atoms with van der Waals surface area (Å²) in [6.07, 6.45) is 0.658. The second-order valence-electron chi connectivity index (χ2n) is 5.19. The van der Waals surface area contributed by atoms with Gasteiger partial charge in [0.2, 0.25) is 0 Å². The Morgan fingerprint density at radius 3 is 2.40 bits per heavy atom. The maximum absolute atomic E-state index is 9.53. The molecule has 1 unspecified atom stereocenters. The number of nitrogens with one attached hydrogen (secondary N) is 1. The van der Waals surface area contributed by atoms with Crippen molar-refractivity contribution in [1.82, 2.24) is 0 Å². The molecule has 0 spiro atoms. The van der Waals surface area contributed by atoms with Crippen molar-refractivity contribution in [3.05, 3.63) is 64.1 Å². The van der Waals surface area contributed by atoms with Gasteiger partial charge in [-0.3, -0.25) is 0 Å². The molecular weight excluding hydrogens is 312 g/mol. The van der Waals surface area contributed by atoms with Gasteiger partial charge in [-0.1, -0.05) is 46.3 Å². The van der Waals surface area contributed by atoms with Crippen LogP contribution in [0.1, 0.15) is 18.1 Å². The highest BCUT2D eigenvalue weighted by molar-refractivity contribution is 9.10. The number of hydrogen-bond acceptors (Lipinski definition) is 2. The van der Waals surface area contributed by atoms with E-state index in [1.165, 1.54) is 0 Å². The number of nitrogens with zero attached hydrogens (tertiary/aromatic N) is 1. The molecule has 0 saturated carbocycles. The van der Waals surface area contributed by atoms with Crippen LogP contribution in [-0.2, 0) is 6.42 Å². The zero-order chi connectivity index (χ0) is 14.6. The molecule has 102 valence electrons. The van der Waals surface area contributed by atoms with Crippen molar-refractivity contribution >= 4 is 21.6 Å². The standard InChI is InChI=1S/C17H17BrN2/c1-13-5-3-4-6-16(13)20-17(2,12-19)11-14-7-9-15(18)10-8-14/h3-10,20H,11H2,1-2H3. The molecule has 0 aromatic heterocycles. The van der Waals surface area contributed by atoms with Crippen LogP contribution in [0.4, 0.5) is 5.69 Å². The van der Waals surface area contributed by atoms with Crippen molar-refractivity contribution in [1.29, 1.82) is 5.26 Å². The number of benzene rings is 2. The molecule has 2 rings (SSSR count). The third-order valence-electron chi connectivity index (χ3n) is 3.27. The SMILES string of the molecule is Cc1ccccc1NC(C)(C#N)Cc1ccc(Br)cc1. The maximum Gasteiger partial charge on any atom is 0.126 e. The minimum atomic E-state index is -0.625. The third-order valence-corrected chi connectivity index (χ3v) is 3.80. The average molecular weight is 329 g/mol. The van der Waals surface area contributed by atoms with Crippen LogP contribution in [0, 0.1) is 18.3 Å². The van der Waals surface area contributed by atoms with Crippen LogP contribution in [0.25, 0.3) is 0 Å². The van der Waals surface area contributed by atoms with E-state index in [4.69, 9.17) is 0 Å². The molecule has 2 nitrogen and oxygen atoms in total. The lowest BCUT2D eigenvalue weighted by molar-refractivity contribution is 0.645. The molecule has 0 aliphatic heterocycles. The van der Waals surface area contributed by atoms with E-state index in [9.17, 15) is 5.26 Å². The van der Waals surface area contributed by atoms with E-state index in [0.29, 0.717) is 6.42 Å². The number of para-hydroxylation sites is 1. The molecule has 0 saturated heterocycles. The van der Waals surface area contributed by atoms with E-state index in [2.05, 4.69) is 27.3 Å². The zero-order valence-corrected chi connectivity index (χ0v) is 13.2. The van der Waals surface area contributed by atoms with Gasteiger partial charge in [-0.05, 0) is 43.2 Å². The van der Waals surface area contributed by atoms with Crippen molar-refractivity contribution in [3.63, 3.8) is 0 Å². The summed E-state index contributed by atoms with van der Waals surface area (Å²) in [5.74, 6) is 0. The Morgan fingerprint density at radius 2 is 1.80 bits per heavy atom. The second-order valence-corrected chi connectivity index (χ2v) is 6.10. The van der Waals surface area contributed by atoms with Gasteiger partial charge in [-0.15, -0.1) is 0 Å². The van der Waals surface area contributed by atoms with Gasteiger partial charge < -0.3 is 5.32 Å². The van der Waals surface area contributed by atoms with E-state index in [-0.39, 0.29) is 0 Å². The first-order valence-corrected chi connectivity index (χ1v) is 7.31. The molecule has 1 atom stereocenters. The van der Waals surface area contributed by atoms with Crippen LogP contribution in [0.15, 0.2) is 53.0 Å². The summed E-state index contributed by atoms with van der Waals surface area (Å²) in [6.45, 7) is 3.97. The van der Waals surface area contributed by atoms with Gasteiger partial charge in [-0.2, -0.15) is 5.26 Å². The highest BCUT2D eigenvalue weighted by Crippen LogP contribution is 2.23. The Labute approximate surface area is 128 Å². The number of aryl methyl sites for hydroxylation is 1. The van der Waals surface area contributed by atoms with E-state index < -0.39 is 5.54 Å². The number of halogens is 1. The van der Waals surface area contributed by atoms with Crippen LogP contribution < -0.4 is 5.32 Å². The molecule has 0 heterocycles. The molecule has 0 aliphatic rings. The molecule has 0 amide bonds. The van der Waals surface area contributed by atoms with Gasteiger partial charge in [0.25, 0.3) is 0 Å². The average Bonchev–Trinajstić information content (AvgIpc) is 2.44. The van der Waals surface area contributed by atoms with Gasteiger partial charge in [0, 0.05) is 16.6 Å². The van der Waals surface area contributed by atoms with Crippen molar-refractivity contribution in [2.45, 2.75) is 25.8 Å². The van der Waals surface area contributed by atoms with Crippen molar-refractivity contribution in [3.8, 4) is 6.07 Å². The fraction of sp³-hybridized carbons (Fsp3) is 0.235. The Kier molecular flexibility index (Phi) is 4.46. The summed E-state index contributed by atoms with van der Waals surface area (Å²) < 4.78 is 1.05. The normalized spacial score (nSPS) is 13.3. The fourth-order valence-corrected chi connectivity index (χ4v) is 2.40. The third kappa shape index (κ3) is 3.61. The number of hydrogen-bond donors (Lipinski definition) is 1. The molecule has 0 bridgehead atoms. The smallest absolute Gasteiger partial charge is 0.126 e.